The van der Waals surface area contributed by atoms with Gasteiger partial charge in [0.1, 0.15) is 18.5 Å². The lowest BCUT2D eigenvalue weighted by Gasteiger charge is -2.28. The summed E-state index contributed by atoms with van der Waals surface area (Å²) in [4.78, 5) is 22.3. The van der Waals surface area contributed by atoms with E-state index in [1.807, 2.05) is 24.3 Å². The van der Waals surface area contributed by atoms with Gasteiger partial charge in [-0.2, -0.15) is 0 Å². The summed E-state index contributed by atoms with van der Waals surface area (Å²) in [5, 5.41) is 8.65. The van der Waals surface area contributed by atoms with Crippen molar-refractivity contribution >= 4 is 11.9 Å². The van der Waals surface area contributed by atoms with Crippen LogP contribution in [0, 0.1) is 0 Å². The summed E-state index contributed by atoms with van der Waals surface area (Å²) >= 11 is 0. The Kier molecular flexibility index (Phi) is 7.73. The molecule has 25 heavy (non-hydrogen) atoms. The molecule has 6 nitrogen and oxygen atoms in total. The Hall–Kier alpha value is -2.08. The van der Waals surface area contributed by atoms with Crippen LogP contribution in [0.15, 0.2) is 24.3 Å². The summed E-state index contributed by atoms with van der Waals surface area (Å²) in [5.41, 5.74) is 0.835. The predicted octanol–water partition coefficient (Wildman–Crippen LogP) is 3.49. The van der Waals surface area contributed by atoms with Gasteiger partial charge in [-0.3, -0.25) is 9.59 Å². The zero-order chi connectivity index (χ0) is 18.1. The van der Waals surface area contributed by atoms with Gasteiger partial charge in [0.2, 0.25) is 0 Å². The molecule has 1 aromatic rings. The van der Waals surface area contributed by atoms with E-state index in [1.54, 1.807) is 7.11 Å². The molecular weight excluding hydrogens is 324 g/mol. The van der Waals surface area contributed by atoms with Crippen LogP contribution in [0.25, 0.3) is 0 Å². The minimum absolute atomic E-state index is 0.0509. The molecule has 0 heterocycles. The van der Waals surface area contributed by atoms with Gasteiger partial charge in [0.15, 0.2) is 0 Å². The number of benzene rings is 1. The molecule has 0 unspecified atom stereocenters. The average molecular weight is 350 g/mol. The van der Waals surface area contributed by atoms with Crippen molar-refractivity contribution in [3.63, 3.8) is 0 Å². The molecule has 0 bridgehead atoms. The number of hydrogen-bond donors (Lipinski definition) is 1. The van der Waals surface area contributed by atoms with Crippen molar-refractivity contribution in [2.75, 3.05) is 13.7 Å². The van der Waals surface area contributed by atoms with Gasteiger partial charge in [-0.05, 0) is 18.9 Å². The van der Waals surface area contributed by atoms with Gasteiger partial charge >= 0.3 is 11.9 Å². The molecule has 0 spiro atoms. The highest BCUT2D eigenvalue weighted by molar-refractivity contribution is 5.76. The third kappa shape index (κ3) is 6.38. The SMILES string of the molecule is COc1ccccc1[C@H](COC(=O)CCC(=O)O)OC1CCCCC1. The maximum atomic E-state index is 11.8. The van der Waals surface area contributed by atoms with E-state index in [2.05, 4.69) is 0 Å². The van der Waals surface area contributed by atoms with E-state index < -0.39 is 18.0 Å². The number of rotatable bonds is 9. The first-order valence-corrected chi connectivity index (χ1v) is 8.76. The monoisotopic (exact) mass is 350 g/mol. The number of aliphatic carboxylic acids is 1. The first kappa shape index (κ1) is 19.2. The van der Waals surface area contributed by atoms with Crippen molar-refractivity contribution in [3.8, 4) is 5.75 Å². The van der Waals surface area contributed by atoms with Crippen molar-refractivity contribution in [1.29, 1.82) is 0 Å². The highest BCUT2D eigenvalue weighted by Crippen LogP contribution is 2.32. The van der Waals surface area contributed by atoms with Gasteiger partial charge in [0, 0.05) is 5.56 Å². The lowest BCUT2D eigenvalue weighted by atomic mass is 9.97. The Labute approximate surface area is 148 Å². The lowest BCUT2D eigenvalue weighted by Crippen LogP contribution is -2.24. The second-order valence-electron chi connectivity index (χ2n) is 6.20. The number of ether oxygens (including phenoxy) is 3. The maximum Gasteiger partial charge on any atom is 0.306 e. The van der Waals surface area contributed by atoms with E-state index in [9.17, 15) is 9.59 Å². The lowest BCUT2D eigenvalue weighted by molar-refractivity contribution is -0.153. The summed E-state index contributed by atoms with van der Waals surface area (Å²) in [6, 6.07) is 7.51. The summed E-state index contributed by atoms with van der Waals surface area (Å²) < 4.78 is 16.9. The van der Waals surface area contributed by atoms with Crippen LogP contribution >= 0.6 is 0 Å². The van der Waals surface area contributed by atoms with Crippen molar-refractivity contribution in [2.45, 2.75) is 57.2 Å². The van der Waals surface area contributed by atoms with E-state index in [1.165, 1.54) is 6.42 Å². The number of carbonyl (C=O) groups is 2. The molecule has 0 radical (unpaired) electrons. The normalized spacial score (nSPS) is 16.2. The first-order valence-electron chi connectivity index (χ1n) is 8.76. The van der Waals surface area contributed by atoms with E-state index >= 15 is 0 Å². The Bertz CT molecular complexity index is 565. The number of carbonyl (C=O) groups excluding carboxylic acids is 1. The third-order valence-corrected chi connectivity index (χ3v) is 4.33. The number of methoxy groups -OCH3 is 1. The zero-order valence-corrected chi connectivity index (χ0v) is 14.6. The topological polar surface area (TPSA) is 82.1 Å². The summed E-state index contributed by atoms with van der Waals surface area (Å²) in [5.74, 6) is -0.865. The molecule has 1 N–H and O–H groups in total. The molecule has 138 valence electrons. The van der Waals surface area contributed by atoms with Crippen molar-refractivity contribution in [3.05, 3.63) is 29.8 Å². The quantitative estimate of drug-likeness (QED) is 0.687. The highest BCUT2D eigenvalue weighted by Gasteiger charge is 2.24. The number of carboxylic acids is 1. The molecule has 0 aliphatic heterocycles. The molecule has 1 saturated carbocycles. The van der Waals surface area contributed by atoms with Crippen LogP contribution in [0.1, 0.15) is 56.6 Å². The standard InChI is InChI=1S/C19H26O6/c1-23-16-10-6-5-9-15(16)17(25-14-7-3-2-4-8-14)13-24-19(22)12-11-18(20)21/h5-6,9-10,14,17H,2-4,7-8,11-13H2,1H3,(H,20,21)/t17-/m0/s1. The fraction of sp³-hybridized carbons (Fsp3) is 0.579. The van der Waals surface area contributed by atoms with Gasteiger partial charge < -0.3 is 19.3 Å². The molecule has 0 saturated heterocycles. The molecule has 1 fully saturated rings. The average Bonchev–Trinajstić information content (AvgIpc) is 2.64. The summed E-state index contributed by atoms with van der Waals surface area (Å²) in [6.45, 7) is 0.0509. The highest BCUT2D eigenvalue weighted by atomic mass is 16.6. The van der Waals surface area contributed by atoms with Crippen LogP contribution in [0.4, 0.5) is 0 Å². The molecule has 1 aromatic carbocycles. The minimum Gasteiger partial charge on any atom is -0.496 e. The Morgan fingerprint density at radius 1 is 1.16 bits per heavy atom. The maximum absolute atomic E-state index is 11.8. The van der Waals surface area contributed by atoms with Crippen LogP contribution < -0.4 is 4.74 Å². The number of hydrogen-bond acceptors (Lipinski definition) is 5. The number of esters is 1. The van der Waals surface area contributed by atoms with E-state index in [4.69, 9.17) is 19.3 Å². The fourth-order valence-electron chi connectivity index (χ4n) is 3.02. The molecule has 1 atom stereocenters. The minimum atomic E-state index is -1.02. The molecule has 1 aliphatic carbocycles. The largest absolute Gasteiger partial charge is 0.496 e. The van der Waals surface area contributed by atoms with Gasteiger partial charge in [-0.15, -0.1) is 0 Å². The summed E-state index contributed by atoms with van der Waals surface area (Å²) in [6.07, 6.45) is 4.85. The Balaban J connectivity index is 2.03. The van der Waals surface area contributed by atoms with Gasteiger partial charge in [-0.1, -0.05) is 37.5 Å². The van der Waals surface area contributed by atoms with E-state index in [0.717, 1.165) is 31.2 Å². The molecule has 0 amide bonds. The molecular formula is C19H26O6. The van der Waals surface area contributed by atoms with Gasteiger partial charge in [0.05, 0.1) is 26.1 Å². The van der Waals surface area contributed by atoms with Crippen molar-refractivity contribution < 1.29 is 28.9 Å². The molecule has 1 aliphatic rings. The second-order valence-corrected chi connectivity index (χ2v) is 6.20. The van der Waals surface area contributed by atoms with E-state index in [-0.39, 0.29) is 25.6 Å². The van der Waals surface area contributed by atoms with Gasteiger partial charge in [0.25, 0.3) is 0 Å². The van der Waals surface area contributed by atoms with Crippen molar-refractivity contribution in [2.24, 2.45) is 0 Å². The molecule has 2 rings (SSSR count). The van der Waals surface area contributed by atoms with Crippen molar-refractivity contribution in [1.82, 2.24) is 0 Å². The van der Waals surface area contributed by atoms with Crippen LogP contribution in [0.2, 0.25) is 0 Å². The van der Waals surface area contributed by atoms with Crippen LogP contribution in [-0.4, -0.2) is 36.9 Å². The van der Waals surface area contributed by atoms with Crippen LogP contribution in [0.3, 0.4) is 0 Å². The summed E-state index contributed by atoms with van der Waals surface area (Å²) in [7, 11) is 1.59. The number of para-hydroxylation sites is 1. The first-order chi connectivity index (χ1) is 12.1. The Morgan fingerprint density at radius 3 is 2.56 bits per heavy atom. The molecule has 0 aromatic heterocycles. The fourth-order valence-corrected chi connectivity index (χ4v) is 3.02. The van der Waals surface area contributed by atoms with Crippen LogP contribution in [-0.2, 0) is 19.1 Å². The Morgan fingerprint density at radius 2 is 1.88 bits per heavy atom. The third-order valence-electron chi connectivity index (χ3n) is 4.33. The molecule has 6 heteroatoms. The zero-order valence-electron chi connectivity index (χ0n) is 14.6. The number of carboxylic acid groups (broad SMARTS) is 1. The second kappa shape index (κ2) is 10.0. The van der Waals surface area contributed by atoms with E-state index in [0.29, 0.717) is 5.75 Å². The van der Waals surface area contributed by atoms with Crippen LogP contribution in [0.5, 0.6) is 5.75 Å². The van der Waals surface area contributed by atoms with Gasteiger partial charge in [-0.25, -0.2) is 0 Å². The predicted molar refractivity (Wildman–Crippen MR) is 91.5 cm³/mol. The smallest absolute Gasteiger partial charge is 0.306 e.